The molecule has 4 aliphatic heterocycles. The molecule has 0 saturated carbocycles. The molecule has 0 N–H and O–H groups in total. The molecule has 2 spiro atoms. The van der Waals surface area contributed by atoms with E-state index >= 15 is 0 Å². The highest BCUT2D eigenvalue weighted by molar-refractivity contribution is 7.10. The minimum Gasteiger partial charge on any atom is -0.462 e. The van der Waals surface area contributed by atoms with E-state index < -0.39 is 0 Å². The van der Waals surface area contributed by atoms with Crippen LogP contribution in [0.5, 0.6) is 12.0 Å². The number of aromatic nitrogens is 4. The second-order valence-electron chi connectivity index (χ2n) is 25.3. The zero-order valence-electron chi connectivity index (χ0n) is 48.3. The molecule has 4 aromatic rings. The summed E-state index contributed by atoms with van der Waals surface area (Å²) in [5.74, 6) is 2.99. The standard InChI is InChI=1S/C63H82N12O4S2/c1-8-56(76)74-24-22-72(35-44(74)14-19-64)58-49-27-40(3)62(18-13-54-42(30-62)16-26-80-54)31-52(49)66-61(69-58)79-38-47-29-43(34-71(47)7)51-39-81-55-33-63(17-12-48(51)55)32-53-50(28-41(63)4)59(68-60(67-53)78-37-46-11-10-21-70(46)6)73-23-25-75(57(77)9-2)45(36-73)15-20-65-5/h8-9,16,26,39-41,43-47H,1-2,5,10-15,17-18,20-25,27-38H2,3-4,6-7H3. The third kappa shape index (κ3) is 10.7. The van der Waals surface area contributed by atoms with Crippen LogP contribution < -0.4 is 19.3 Å². The molecule has 8 aliphatic rings. The number of amides is 2. The fourth-order valence-corrected chi connectivity index (χ4v) is 18.1. The van der Waals surface area contributed by atoms with Crippen LogP contribution in [-0.4, -0.2) is 168 Å². The van der Waals surface area contributed by atoms with Crippen LogP contribution in [0.4, 0.5) is 11.6 Å². The minimum absolute atomic E-state index is 0.0250. The minimum atomic E-state index is -0.258. The van der Waals surface area contributed by atoms with Gasteiger partial charge in [-0.15, -0.1) is 22.7 Å². The van der Waals surface area contributed by atoms with Crippen molar-refractivity contribution in [3.63, 3.8) is 0 Å². The van der Waals surface area contributed by atoms with Crippen molar-refractivity contribution < 1.29 is 19.1 Å². The number of hydrogen-bond donors (Lipinski definition) is 0. The first-order valence-corrected chi connectivity index (χ1v) is 31.8. The van der Waals surface area contributed by atoms with Crippen LogP contribution in [0.1, 0.15) is 114 Å². The number of hydrogen-bond acceptors (Lipinski definition) is 16. The molecule has 4 aliphatic carbocycles. The number of aliphatic imine (C=N–C) groups is 1. The molecule has 16 nitrogen and oxygen atoms in total. The van der Waals surface area contributed by atoms with Crippen molar-refractivity contribution in [3.8, 4) is 18.1 Å². The fraction of sp³-hybridized carbons (Fsp3) is 0.619. The molecule has 4 aromatic heterocycles. The second kappa shape index (κ2) is 23.1. The number of aryl methyl sites for hydroxylation is 1. The summed E-state index contributed by atoms with van der Waals surface area (Å²) in [6, 6.07) is 5.85. The van der Waals surface area contributed by atoms with Crippen molar-refractivity contribution in [1.29, 1.82) is 5.26 Å². The maximum Gasteiger partial charge on any atom is 0.318 e. The lowest BCUT2D eigenvalue weighted by atomic mass is 9.59. The molecule has 2 amide bonds. The molecular weight excluding hydrogens is 1050 g/mol. The molecule has 0 bridgehead atoms. The monoisotopic (exact) mass is 1130 g/mol. The van der Waals surface area contributed by atoms with Crippen LogP contribution in [0.25, 0.3) is 0 Å². The Morgan fingerprint density at radius 1 is 0.753 bits per heavy atom. The molecule has 18 heteroatoms. The summed E-state index contributed by atoms with van der Waals surface area (Å²) in [5, 5.41) is 14.6. The van der Waals surface area contributed by atoms with Crippen molar-refractivity contribution in [2.75, 3.05) is 96.0 Å². The Morgan fingerprint density at radius 2 is 1.38 bits per heavy atom. The largest absolute Gasteiger partial charge is 0.462 e. The van der Waals surface area contributed by atoms with Gasteiger partial charge in [0, 0.05) is 85.3 Å². The first kappa shape index (κ1) is 55.8. The molecule has 0 aromatic carbocycles. The predicted octanol–water partition coefficient (Wildman–Crippen LogP) is 7.96. The molecule has 81 heavy (non-hydrogen) atoms. The van der Waals surface area contributed by atoms with Crippen LogP contribution in [0.15, 0.2) is 47.1 Å². The average molecular weight is 1140 g/mol. The lowest BCUT2D eigenvalue weighted by Crippen LogP contribution is -2.55. The van der Waals surface area contributed by atoms with E-state index in [1.165, 1.54) is 50.6 Å². The van der Waals surface area contributed by atoms with E-state index in [0.717, 1.165) is 120 Å². The normalized spacial score (nSPS) is 29.2. The van der Waals surface area contributed by atoms with Gasteiger partial charge in [0.1, 0.15) is 24.8 Å². The summed E-state index contributed by atoms with van der Waals surface area (Å²) in [7, 11) is 4.43. The number of anilines is 2. The number of nitrogens with zero attached hydrogens (tertiary/aromatic N) is 12. The van der Waals surface area contributed by atoms with E-state index in [1.807, 2.05) is 27.6 Å². The van der Waals surface area contributed by atoms with Gasteiger partial charge >= 0.3 is 12.0 Å². The number of carbonyl (C=O) groups is 2. The van der Waals surface area contributed by atoms with Crippen molar-refractivity contribution in [2.45, 2.75) is 140 Å². The highest BCUT2D eigenvalue weighted by Crippen LogP contribution is 2.54. The Hall–Kier alpha value is -5.74. The number of carbonyl (C=O) groups excluding carboxylic acids is 2. The number of thiophene rings is 2. The lowest BCUT2D eigenvalue weighted by Gasteiger charge is -2.47. The van der Waals surface area contributed by atoms with E-state index in [0.29, 0.717) is 94.8 Å². The summed E-state index contributed by atoms with van der Waals surface area (Å²) in [5.41, 5.74) is 9.45. The number of likely N-dealkylation sites (N-methyl/N-ethyl adjacent to an activating group) is 2. The molecule has 0 radical (unpaired) electrons. The van der Waals surface area contributed by atoms with Crippen LogP contribution in [0.2, 0.25) is 0 Å². The van der Waals surface area contributed by atoms with Crippen LogP contribution in [-0.2, 0) is 61.0 Å². The fourth-order valence-electron chi connectivity index (χ4n) is 15.8. The summed E-state index contributed by atoms with van der Waals surface area (Å²) in [4.78, 5) is 67.7. The van der Waals surface area contributed by atoms with Gasteiger partial charge in [0.15, 0.2) is 0 Å². The van der Waals surface area contributed by atoms with Crippen molar-refractivity contribution >= 4 is 52.8 Å². The van der Waals surface area contributed by atoms with Gasteiger partial charge in [-0.3, -0.25) is 14.5 Å². The molecule has 430 valence electrons. The number of fused-ring (bicyclic) bond motifs is 4. The maximum absolute atomic E-state index is 13.1. The summed E-state index contributed by atoms with van der Waals surface area (Å²) in [6.07, 6.45) is 17.2. The number of ether oxygens (including phenoxy) is 2. The molecule has 9 atom stereocenters. The average Bonchev–Trinajstić information content (AvgIpc) is 4.34. The van der Waals surface area contributed by atoms with Crippen molar-refractivity contribution in [3.05, 3.63) is 91.1 Å². The number of piperazine rings is 2. The van der Waals surface area contributed by atoms with Gasteiger partial charge in [0.25, 0.3) is 0 Å². The van der Waals surface area contributed by atoms with Gasteiger partial charge in [-0.25, -0.2) is 0 Å². The van der Waals surface area contributed by atoms with E-state index in [9.17, 15) is 14.9 Å². The van der Waals surface area contributed by atoms with Crippen molar-refractivity contribution in [1.82, 2.24) is 39.5 Å². The summed E-state index contributed by atoms with van der Waals surface area (Å²) in [6.45, 7) is 23.5. The molecule has 4 saturated heterocycles. The smallest absolute Gasteiger partial charge is 0.318 e. The topological polar surface area (TPSA) is 160 Å². The Balaban J connectivity index is 0.764. The third-order valence-corrected chi connectivity index (χ3v) is 23.0. The Labute approximate surface area is 487 Å². The quantitative estimate of drug-likeness (QED) is 0.0835. The maximum atomic E-state index is 13.1. The predicted molar refractivity (Wildman–Crippen MR) is 320 cm³/mol. The van der Waals surface area contributed by atoms with Gasteiger partial charge in [-0.1, -0.05) is 27.0 Å². The zero-order valence-corrected chi connectivity index (χ0v) is 49.9. The van der Waals surface area contributed by atoms with E-state index in [4.69, 9.17) is 29.4 Å². The number of nitriles is 1. The highest BCUT2D eigenvalue weighted by atomic mass is 32.1. The molecule has 4 fully saturated rings. The molecule has 9 unspecified atom stereocenters. The van der Waals surface area contributed by atoms with Gasteiger partial charge in [0.2, 0.25) is 11.8 Å². The van der Waals surface area contributed by atoms with Gasteiger partial charge < -0.3 is 39.0 Å². The number of rotatable bonds is 15. The Bertz CT molecular complexity index is 3100. The van der Waals surface area contributed by atoms with Crippen LogP contribution >= 0.6 is 22.7 Å². The van der Waals surface area contributed by atoms with Crippen LogP contribution in [0, 0.1) is 34.0 Å². The first-order chi connectivity index (χ1) is 39.3. The van der Waals surface area contributed by atoms with E-state index in [1.54, 1.807) is 10.5 Å². The Morgan fingerprint density at radius 3 is 2.01 bits per heavy atom. The molecular formula is C63H82N12O4S2. The van der Waals surface area contributed by atoms with Crippen molar-refractivity contribution in [2.24, 2.45) is 27.7 Å². The van der Waals surface area contributed by atoms with E-state index in [2.05, 4.69) is 95.3 Å². The molecule has 12 rings (SSSR count). The second-order valence-corrected chi connectivity index (χ2v) is 27.3. The van der Waals surface area contributed by atoms with Gasteiger partial charge in [-0.05, 0) is 192 Å². The lowest BCUT2D eigenvalue weighted by molar-refractivity contribution is -0.129. The zero-order chi connectivity index (χ0) is 56.2. The molecule has 8 heterocycles. The van der Waals surface area contributed by atoms with Crippen LogP contribution in [0.3, 0.4) is 0 Å². The Kier molecular flexibility index (Phi) is 15.9. The van der Waals surface area contributed by atoms with E-state index in [-0.39, 0.29) is 47.2 Å². The third-order valence-electron chi connectivity index (χ3n) is 20.9. The highest BCUT2D eigenvalue weighted by Gasteiger charge is 2.48. The van der Waals surface area contributed by atoms with Gasteiger partial charge in [0.05, 0.1) is 36.0 Å². The van der Waals surface area contributed by atoms with Gasteiger partial charge in [-0.2, -0.15) is 25.2 Å². The summed E-state index contributed by atoms with van der Waals surface area (Å²) >= 11 is 3.86. The summed E-state index contributed by atoms with van der Waals surface area (Å²) < 4.78 is 13.4. The SMILES string of the molecule is C=CC(=O)N1CCN(c2nc(OCC3CC(c4csc5c4CCC4(Cc6nc(OCC7CCCN7C)nc(N7CCN(C(=O)C=C)C(CCN=C)C7)c6CC4C)C5)CN3C)nc3c2CC(C)C2(CCc4sccc4C2)C3)CC1CC#N. The number of likely N-dealkylation sites (tertiary alicyclic amines) is 2. The first-order valence-electron chi connectivity index (χ1n) is 30.0.